The maximum atomic E-state index is 15.5. The molecule has 16 aromatic rings. The molecular weight excluding hydrogens is 2140 g/mol. The van der Waals surface area contributed by atoms with E-state index in [1.807, 2.05) is 17.7 Å². The second-order valence-corrected chi connectivity index (χ2v) is 74.7. The average Bonchev–Trinajstić information content (AvgIpc) is 1.58. The monoisotopic (exact) mass is 2290 g/mol. The molecule has 0 bridgehead atoms. The predicted octanol–water partition coefficient (Wildman–Crippen LogP) is 35.4. The zero-order valence-corrected chi connectivity index (χ0v) is 100. The zero-order valence-electron chi connectivity index (χ0n) is 90.7. The molecule has 1 aliphatic rings. The molecule has 13 nitrogen and oxygen atoms in total. The average molecular weight is 2290 g/mol. The predicted molar refractivity (Wildman–Crippen MR) is 617 cm³/mol. The van der Waals surface area contributed by atoms with Crippen LogP contribution in [-0.4, -0.2) is 104 Å². The van der Waals surface area contributed by atoms with E-state index in [0.29, 0.717) is 102 Å². The van der Waals surface area contributed by atoms with Gasteiger partial charge in [-0.15, -0.1) is 11.3 Å². The van der Waals surface area contributed by atoms with Crippen LogP contribution in [0.4, 0.5) is 17.6 Å². The molecule has 0 saturated carbocycles. The molecule has 1 saturated heterocycles. The SMILES string of the molecule is CCOCOc1c(-n2c3ccc(C(C)(C)C)cc3c3cc(C(C)(C)C)ccc32)csc1B1OC(C)(C)C(C)(C)O1.C[CH](C)[Ge]([CH2]Oc1ccc(F)cc1-c1scc(-n2c3ccc(C(C)(C)C)cc3c3cc(C(C)(C)C)ccc32)c1O)([CH2]Oc1ccc(F)cc1-c1scc(-n2c3ccc(C(C)(C)C)cc3c3cc(C(C)(C)C)ccc32)c1O)[CH](C)C.C[CH](C)[Ge]([CH2]Oc1ccc(F)cc1Br)([CH2]Oc1ccc(F)cc1Br)[CH](C)C. The standard InChI is InChI=1S/C68H76F2GeN2O4S2.C33H44BNO4S.C20H24Br2F2GeO2/c1-39(2)71(40(3)4,37-76-59-27-21-45(69)33-51(59)63-61(74)57(35-78-63)72-53-23-17-41(65(5,6)7)29-47(53)48-30-42(66(8,9)10)18-24-54(48)72)38-77-60-28-22-46(70)34-52(60)64-62(75)58(36-79-64)73-55-25-19-43(67(11,12)13)31-49(55)50-32-44(68(14,15)16)20-26-56(50)73;1-12-36-20-37-28-27(19-40-29(28)34-38-32(8,9)33(10,11)39-34)35-25-15-13-21(30(2,3)4)17-23(25)24-18-22(31(5,6)7)14-16-26(24)35;1-13(2)25(14(3)4,11-26-19-7-5-15(23)9-17(19)21)12-27-20-8-6-16(24)10-18(20)22/h17-36,39-40,74-75H,37-38H2,1-16H3;13-19H,12,20H2,1-11H3;5-10,13-14H,11-12H2,1-4H3. The van der Waals surface area contributed by atoms with E-state index in [1.165, 1.54) is 115 Å². The van der Waals surface area contributed by atoms with Crippen LogP contribution in [0.3, 0.4) is 0 Å². The first-order chi connectivity index (χ1) is 68.2. The van der Waals surface area contributed by atoms with Crippen molar-refractivity contribution in [3.8, 4) is 78.2 Å². The minimum absolute atomic E-state index is 0.0440. The summed E-state index contributed by atoms with van der Waals surface area (Å²) in [6.45, 7) is 69.0. The Balaban J connectivity index is 0.000000196. The van der Waals surface area contributed by atoms with Gasteiger partial charge in [0.2, 0.25) is 0 Å². The van der Waals surface area contributed by atoms with E-state index in [0.717, 1.165) is 70.9 Å². The van der Waals surface area contributed by atoms with Crippen LogP contribution in [0.5, 0.6) is 40.2 Å². The molecule has 0 atom stereocenters. The number of halogens is 6. The Morgan fingerprint density at radius 2 is 0.603 bits per heavy atom. The zero-order chi connectivity index (χ0) is 106. The van der Waals surface area contributed by atoms with E-state index < -0.39 is 56.5 Å². The Labute approximate surface area is 895 Å². The van der Waals surface area contributed by atoms with E-state index >= 15 is 8.78 Å². The number of benzene rings is 10. The number of aromatic hydroxyl groups is 2. The van der Waals surface area contributed by atoms with Gasteiger partial charge in [0.25, 0.3) is 0 Å². The molecule has 774 valence electrons. The van der Waals surface area contributed by atoms with Gasteiger partial charge in [-0.25, -0.2) is 0 Å². The molecule has 7 heterocycles. The maximum absolute atomic E-state index is 15.5. The number of nitrogens with zero attached hydrogens (tertiary/aromatic N) is 3. The van der Waals surface area contributed by atoms with E-state index in [9.17, 15) is 19.0 Å². The Bertz CT molecular complexity index is 6980. The van der Waals surface area contributed by atoms with Gasteiger partial charge in [-0.3, -0.25) is 0 Å². The van der Waals surface area contributed by atoms with Crippen LogP contribution in [-0.2, 0) is 46.5 Å². The van der Waals surface area contributed by atoms with E-state index in [1.54, 1.807) is 35.6 Å². The van der Waals surface area contributed by atoms with Crippen LogP contribution < -0.4 is 28.5 Å². The summed E-state index contributed by atoms with van der Waals surface area (Å²) in [4.78, 5) is 1.02. The van der Waals surface area contributed by atoms with Gasteiger partial charge in [0, 0.05) is 22.8 Å². The summed E-state index contributed by atoms with van der Waals surface area (Å²) in [6.07, 6.45) is 0. The topological polar surface area (TPSA) is 129 Å². The first-order valence-electron chi connectivity index (χ1n) is 50.8. The third kappa shape index (κ3) is 22.5. The molecule has 1 aliphatic heterocycles. The molecule has 1 fully saturated rings. The molecule has 17 rings (SSSR count). The molecular formula is C121H144BBr2F4Ge2N3O10S3. The number of thiophene rings is 3. The Morgan fingerprint density at radius 1 is 0.349 bits per heavy atom. The summed E-state index contributed by atoms with van der Waals surface area (Å²) in [5.74, 6) is 1.58. The first kappa shape index (κ1) is 111. The van der Waals surface area contributed by atoms with Crippen molar-refractivity contribution >= 4 is 170 Å². The van der Waals surface area contributed by atoms with Gasteiger partial charge in [-0.2, -0.15) is 0 Å². The number of hydrogen-bond donors (Lipinski definition) is 2. The molecule has 0 aliphatic carbocycles. The second kappa shape index (κ2) is 42.3. The van der Waals surface area contributed by atoms with Crippen LogP contribution in [0, 0.1) is 23.3 Å². The number of ether oxygens (including phenoxy) is 6. The third-order valence-corrected chi connectivity index (χ3v) is 59.4. The van der Waals surface area contributed by atoms with Gasteiger partial charge in [-0.05, 0) is 103 Å². The molecule has 6 aromatic heterocycles. The third-order valence-electron chi connectivity index (χ3n) is 30.2. The molecule has 0 radical (unpaired) electrons. The summed E-state index contributed by atoms with van der Waals surface area (Å²) < 4.78 is 119. The van der Waals surface area contributed by atoms with Crippen molar-refractivity contribution in [1.82, 2.24) is 13.7 Å². The van der Waals surface area contributed by atoms with E-state index in [4.69, 9.17) is 37.7 Å². The van der Waals surface area contributed by atoms with Crippen molar-refractivity contribution in [1.29, 1.82) is 0 Å². The number of aromatic nitrogens is 3. The Hall–Kier alpha value is -8.99. The fraction of sp³-hybridized carbons (Fsp3) is 0.405. The molecule has 0 amide bonds. The summed E-state index contributed by atoms with van der Waals surface area (Å²) >= 11 is 5.02. The van der Waals surface area contributed by atoms with E-state index in [-0.39, 0.29) is 71.9 Å². The van der Waals surface area contributed by atoms with E-state index in [2.05, 4.69) is 368 Å². The number of rotatable bonds is 26. The second-order valence-electron chi connectivity index (χ2n) is 47.8. The first-order valence-corrected chi connectivity index (χ1v) is 65.8. The fourth-order valence-electron chi connectivity index (χ4n) is 19.4. The van der Waals surface area contributed by atoms with Crippen LogP contribution in [0.2, 0.25) is 19.0 Å². The molecule has 10 aromatic carbocycles. The van der Waals surface area contributed by atoms with Gasteiger partial charge in [0.15, 0.2) is 12.5 Å². The van der Waals surface area contributed by atoms with Gasteiger partial charge in [0.1, 0.15) is 0 Å². The van der Waals surface area contributed by atoms with Crippen LogP contribution in [0.25, 0.3) is 103 Å². The van der Waals surface area contributed by atoms with Crippen LogP contribution >= 0.6 is 65.9 Å². The van der Waals surface area contributed by atoms with Gasteiger partial charge in [-0.1, -0.05) is 137 Å². The van der Waals surface area contributed by atoms with Crippen molar-refractivity contribution in [2.45, 2.75) is 277 Å². The van der Waals surface area contributed by atoms with Gasteiger partial charge >= 0.3 is 561 Å². The quantitative estimate of drug-likeness (QED) is 0.0234. The normalized spacial score (nSPS) is 14.0. The Morgan fingerprint density at radius 3 is 0.863 bits per heavy atom. The van der Waals surface area contributed by atoms with Crippen molar-refractivity contribution in [3.63, 3.8) is 0 Å². The van der Waals surface area contributed by atoms with Crippen molar-refractivity contribution in [2.24, 2.45) is 0 Å². The summed E-state index contributed by atoms with van der Waals surface area (Å²) in [6, 6.07) is 58.1. The molecule has 2 N–H and O–H groups in total. The molecule has 25 heteroatoms. The van der Waals surface area contributed by atoms with Crippen LogP contribution in [0.1, 0.15) is 248 Å². The molecule has 0 spiro atoms. The fourth-order valence-corrected chi connectivity index (χ4v) is 38.2. The van der Waals surface area contributed by atoms with Crippen molar-refractivity contribution in [2.75, 3.05) is 35.2 Å². The van der Waals surface area contributed by atoms with Crippen molar-refractivity contribution < 1.29 is 65.5 Å². The summed E-state index contributed by atoms with van der Waals surface area (Å²) in [5.41, 5.74) is 17.7. The van der Waals surface area contributed by atoms with Gasteiger partial charge in [0.05, 0.1) is 32.7 Å². The van der Waals surface area contributed by atoms with Crippen molar-refractivity contribution in [3.05, 3.63) is 264 Å². The van der Waals surface area contributed by atoms with Crippen LogP contribution in [0.15, 0.2) is 207 Å². The molecule has 0 unspecified atom stereocenters. The summed E-state index contributed by atoms with van der Waals surface area (Å²) in [5, 5.41) is 37.8. The number of hydrogen-bond acceptors (Lipinski definition) is 13. The Kier molecular flexibility index (Phi) is 32.2. The molecule has 146 heavy (non-hydrogen) atoms. The minimum atomic E-state index is -3.36. The summed E-state index contributed by atoms with van der Waals surface area (Å²) in [7, 11) is -0.520. The van der Waals surface area contributed by atoms with Gasteiger partial charge < -0.3 is 23.3 Å². The number of fused-ring (bicyclic) bond motifs is 9.